The van der Waals surface area contributed by atoms with E-state index in [9.17, 15) is 8.42 Å². The molecule has 1 heterocycles. The molecule has 0 unspecified atom stereocenters. The highest BCUT2D eigenvalue weighted by Gasteiger charge is 2.24. The van der Waals surface area contributed by atoms with Crippen LogP contribution in [0.3, 0.4) is 0 Å². The molecule has 0 saturated carbocycles. The Bertz CT molecular complexity index is 1380. The number of H-pyrrole nitrogens is 1. The third-order valence-corrected chi connectivity index (χ3v) is 7.80. The van der Waals surface area contributed by atoms with Crippen LogP contribution in [0.2, 0.25) is 0 Å². The molecule has 0 saturated heterocycles. The van der Waals surface area contributed by atoms with E-state index in [0.717, 1.165) is 37.4 Å². The second kappa shape index (κ2) is 15.6. The fraction of sp³-hybridized carbons (Fsp3) is 0.393. The number of nitrogens with one attached hydrogen (secondary N) is 1. The van der Waals surface area contributed by atoms with Gasteiger partial charge in [-0.25, -0.2) is 18.0 Å². The summed E-state index contributed by atoms with van der Waals surface area (Å²) in [4.78, 5) is 20.9. The van der Waals surface area contributed by atoms with Crippen LogP contribution in [0.25, 0.3) is 0 Å². The number of hydrogen-bond donors (Lipinski definition) is 3. The summed E-state index contributed by atoms with van der Waals surface area (Å²) in [7, 11) is 1.73. The van der Waals surface area contributed by atoms with Gasteiger partial charge in [-0.2, -0.15) is 5.10 Å². The molecule has 0 radical (unpaired) electrons. The molecule has 0 aliphatic rings. The van der Waals surface area contributed by atoms with Crippen LogP contribution in [0.5, 0.6) is 17.2 Å². The summed E-state index contributed by atoms with van der Waals surface area (Å²) in [6.07, 6.45) is 3.13. The van der Waals surface area contributed by atoms with Crippen molar-refractivity contribution in [1.29, 1.82) is 0 Å². The van der Waals surface area contributed by atoms with Crippen molar-refractivity contribution in [1.82, 2.24) is 15.1 Å². The molecule has 0 spiro atoms. The maximum Gasteiger partial charge on any atom is 0.414 e. The average molecular weight is 592 g/mol. The lowest BCUT2D eigenvalue weighted by molar-refractivity contribution is -0.159. The van der Waals surface area contributed by atoms with E-state index >= 15 is 0 Å². The van der Waals surface area contributed by atoms with Gasteiger partial charge in [0, 0.05) is 13.1 Å². The van der Waals surface area contributed by atoms with Crippen molar-refractivity contribution in [2.45, 2.75) is 42.4 Å². The van der Waals surface area contributed by atoms with E-state index in [1.165, 1.54) is 11.8 Å². The van der Waals surface area contributed by atoms with Crippen LogP contribution in [0.1, 0.15) is 37.4 Å². The number of sulfone groups is 1. The van der Waals surface area contributed by atoms with E-state index in [0.29, 0.717) is 18.1 Å². The number of likely N-dealkylation sites (N-methyl/N-ethyl adjacent to an activating group) is 1. The van der Waals surface area contributed by atoms with E-state index in [4.69, 9.17) is 34.0 Å². The number of carboxylic acid groups (broad SMARTS) is 2. The Kier molecular flexibility index (Phi) is 12.6. The van der Waals surface area contributed by atoms with Gasteiger partial charge in [-0.1, -0.05) is 19.9 Å². The first-order chi connectivity index (χ1) is 19.4. The number of nitrogens with zero attached hydrogens (tertiary/aromatic N) is 2. The van der Waals surface area contributed by atoms with Crippen LogP contribution in [-0.2, 0) is 25.8 Å². The topological polar surface area (TPSA) is 168 Å². The highest BCUT2D eigenvalue weighted by atomic mass is 32.2. The van der Waals surface area contributed by atoms with E-state index in [2.05, 4.69) is 28.2 Å². The number of aromatic nitrogens is 2. The Morgan fingerprint density at radius 3 is 2.17 bits per heavy atom. The second-order valence-electron chi connectivity index (χ2n) is 9.33. The molecular formula is C28H37N3O9S. The zero-order valence-corrected chi connectivity index (χ0v) is 24.6. The van der Waals surface area contributed by atoms with Gasteiger partial charge in [0.2, 0.25) is 9.84 Å². The molecule has 0 fully saturated rings. The van der Waals surface area contributed by atoms with Gasteiger partial charge in [0.1, 0.15) is 10.6 Å². The molecule has 0 aliphatic heterocycles. The van der Waals surface area contributed by atoms with Gasteiger partial charge in [-0.3, -0.25) is 5.10 Å². The first-order valence-electron chi connectivity index (χ1n) is 12.8. The van der Waals surface area contributed by atoms with Gasteiger partial charge < -0.3 is 29.3 Å². The molecule has 3 rings (SSSR count). The Labute approximate surface area is 239 Å². The normalized spacial score (nSPS) is 11.1. The fourth-order valence-corrected chi connectivity index (χ4v) is 5.26. The molecule has 0 bridgehead atoms. The first kappa shape index (κ1) is 33.1. The minimum atomic E-state index is -3.63. The lowest BCUT2D eigenvalue weighted by Gasteiger charge is -2.17. The largest absolute Gasteiger partial charge is 0.494 e. The third-order valence-electron chi connectivity index (χ3n) is 6.00. The molecule has 224 valence electrons. The van der Waals surface area contributed by atoms with E-state index in [1.54, 1.807) is 38.5 Å². The third kappa shape index (κ3) is 9.80. The number of ether oxygens (including phenoxy) is 3. The Morgan fingerprint density at radius 1 is 0.976 bits per heavy atom. The minimum Gasteiger partial charge on any atom is -0.494 e. The highest BCUT2D eigenvalue weighted by Crippen LogP contribution is 2.29. The molecule has 0 atom stereocenters. The number of methoxy groups -OCH3 is 2. The van der Waals surface area contributed by atoms with E-state index in [1.807, 2.05) is 26.0 Å². The van der Waals surface area contributed by atoms with Crippen molar-refractivity contribution in [3.05, 3.63) is 59.9 Å². The van der Waals surface area contributed by atoms with Gasteiger partial charge in [0.25, 0.3) is 0 Å². The second-order valence-corrected chi connectivity index (χ2v) is 11.3. The lowest BCUT2D eigenvalue weighted by Crippen LogP contribution is -2.23. The Morgan fingerprint density at radius 2 is 1.61 bits per heavy atom. The minimum absolute atomic E-state index is 0.0297. The maximum atomic E-state index is 13.0. The van der Waals surface area contributed by atoms with Crippen molar-refractivity contribution < 1.29 is 42.4 Å². The molecule has 13 heteroatoms. The molecule has 41 heavy (non-hydrogen) atoms. The number of carboxylic acids is 2. The highest BCUT2D eigenvalue weighted by molar-refractivity contribution is 7.91. The zero-order valence-electron chi connectivity index (χ0n) is 23.8. The van der Waals surface area contributed by atoms with Crippen molar-refractivity contribution in [3.8, 4) is 17.2 Å². The van der Waals surface area contributed by atoms with Crippen LogP contribution in [0, 0.1) is 0 Å². The number of aromatic amines is 1. The van der Waals surface area contributed by atoms with Crippen molar-refractivity contribution in [2.24, 2.45) is 0 Å². The van der Waals surface area contributed by atoms with Crippen LogP contribution in [-0.4, -0.2) is 86.6 Å². The molecule has 3 N–H and O–H groups in total. The molecule has 0 aliphatic carbocycles. The fourth-order valence-electron chi connectivity index (χ4n) is 3.75. The number of carbonyl (C=O) groups is 2. The van der Waals surface area contributed by atoms with Gasteiger partial charge in [-0.15, -0.1) is 0 Å². The SMILES string of the molecule is COc1ccc(CCN(C)CCCOc2ccc(S(=O)(=O)c3cn[nH]c3C(C)C)cc2)cc1OC.O=C(O)C(=O)O. The summed E-state index contributed by atoms with van der Waals surface area (Å²) in [5.41, 5.74) is 1.80. The Balaban J connectivity index is 0.000000883. The predicted octanol–water partition coefficient (Wildman–Crippen LogP) is 3.48. The number of benzene rings is 2. The van der Waals surface area contributed by atoms with Crippen LogP contribution in [0.4, 0.5) is 0 Å². The summed E-state index contributed by atoms with van der Waals surface area (Å²) in [6.45, 7) is 6.20. The van der Waals surface area contributed by atoms with Gasteiger partial charge in [0.05, 0.1) is 37.6 Å². The van der Waals surface area contributed by atoms with Crippen LogP contribution < -0.4 is 14.2 Å². The summed E-state index contributed by atoms with van der Waals surface area (Å²) < 4.78 is 42.4. The summed E-state index contributed by atoms with van der Waals surface area (Å²) in [5.74, 6) is -1.50. The van der Waals surface area contributed by atoms with E-state index < -0.39 is 21.8 Å². The molecule has 1 aromatic heterocycles. The lowest BCUT2D eigenvalue weighted by atomic mass is 10.1. The predicted molar refractivity (Wildman–Crippen MR) is 151 cm³/mol. The monoisotopic (exact) mass is 591 g/mol. The van der Waals surface area contributed by atoms with Crippen LogP contribution >= 0.6 is 0 Å². The molecule has 2 aromatic carbocycles. The molecule has 3 aromatic rings. The van der Waals surface area contributed by atoms with E-state index in [-0.39, 0.29) is 15.7 Å². The Hall–Kier alpha value is -4.10. The van der Waals surface area contributed by atoms with Crippen LogP contribution in [0.15, 0.2) is 58.5 Å². The number of rotatable bonds is 13. The standard InChI is InChI=1S/C26H35N3O5S.C2H2O4/c1-19(2)26-25(18-27-28-26)35(30,31)22-10-8-21(9-11-22)34-16-6-14-29(3)15-13-20-7-12-23(32-4)24(17-20)33-5;3-1(4)2(5)6/h7-12,17-19H,6,13-16H2,1-5H3,(H,27,28);(H,3,4)(H,5,6). The van der Waals surface area contributed by atoms with Crippen molar-refractivity contribution >= 4 is 21.8 Å². The maximum absolute atomic E-state index is 13.0. The quantitative estimate of drug-likeness (QED) is 0.197. The first-order valence-corrected chi connectivity index (χ1v) is 14.3. The van der Waals surface area contributed by atoms with Gasteiger partial charge in [-0.05, 0) is 67.8 Å². The van der Waals surface area contributed by atoms with Gasteiger partial charge >= 0.3 is 11.9 Å². The molecule has 0 amide bonds. The summed E-state index contributed by atoms with van der Waals surface area (Å²) in [6, 6.07) is 12.5. The molecular weight excluding hydrogens is 554 g/mol. The van der Waals surface area contributed by atoms with Crippen molar-refractivity contribution in [3.63, 3.8) is 0 Å². The summed E-state index contributed by atoms with van der Waals surface area (Å²) >= 11 is 0. The average Bonchev–Trinajstić information content (AvgIpc) is 3.46. The van der Waals surface area contributed by atoms with Crippen molar-refractivity contribution in [2.75, 3.05) is 41.0 Å². The number of hydrogen-bond acceptors (Lipinski definition) is 9. The van der Waals surface area contributed by atoms with Gasteiger partial charge in [0.15, 0.2) is 11.5 Å². The number of aliphatic carboxylic acids is 2. The zero-order chi connectivity index (χ0) is 30.6. The summed E-state index contributed by atoms with van der Waals surface area (Å²) in [5, 5.41) is 21.5. The smallest absolute Gasteiger partial charge is 0.414 e. The molecule has 12 nitrogen and oxygen atoms in total.